The number of halogens is 1. The van der Waals surface area contributed by atoms with Crippen LogP contribution in [0.1, 0.15) is 31.7 Å². The van der Waals surface area contributed by atoms with Crippen molar-refractivity contribution in [1.82, 2.24) is 15.5 Å². The average molecular weight is 419 g/mol. The number of amides is 4. The molecule has 1 aromatic carbocycles. The van der Waals surface area contributed by atoms with Crippen LogP contribution in [0.5, 0.6) is 0 Å². The molecule has 29 heavy (non-hydrogen) atoms. The van der Waals surface area contributed by atoms with Crippen molar-refractivity contribution in [2.75, 3.05) is 31.1 Å². The Bertz CT molecular complexity index is 848. The van der Waals surface area contributed by atoms with E-state index < -0.39 is 11.6 Å². The largest absolute Gasteiger partial charge is 0.368 e. The summed E-state index contributed by atoms with van der Waals surface area (Å²) in [6.45, 7) is 6.61. The monoisotopic (exact) mass is 418 g/mol. The highest BCUT2D eigenvalue weighted by atomic mass is 35.5. The molecule has 0 spiro atoms. The van der Waals surface area contributed by atoms with Crippen molar-refractivity contribution in [2.45, 2.75) is 38.6 Å². The fraction of sp³-hybridized carbons (Fsp3) is 0.571. The quantitative estimate of drug-likeness (QED) is 0.719. The number of hydrogen-bond donors (Lipinski definition) is 2. The Morgan fingerprint density at radius 2 is 1.93 bits per heavy atom. The molecule has 1 saturated carbocycles. The minimum Gasteiger partial charge on any atom is -0.368 e. The Kier molecular flexibility index (Phi) is 5.19. The molecule has 2 N–H and O–H groups in total. The molecule has 2 atom stereocenters. The van der Waals surface area contributed by atoms with Crippen LogP contribution < -0.4 is 15.5 Å². The first-order valence-electron chi connectivity index (χ1n) is 10.2. The molecular formula is C21H27ClN4O3. The van der Waals surface area contributed by atoms with E-state index in [0.29, 0.717) is 19.5 Å². The van der Waals surface area contributed by atoms with Gasteiger partial charge in [-0.2, -0.15) is 0 Å². The van der Waals surface area contributed by atoms with Crippen LogP contribution in [0.15, 0.2) is 18.2 Å². The normalized spacial score (nSPS) is 25.6. The van der Waals surface area contributed by atoms with E-state index in [0.717, 1.165) is 42.2 Å². The zero-order valence-corrected chi connectivity index (χ0v) is 17.6. The average Bonchev–Trinajstić information content (AvgIpc) is 3.50. The summed E-state index contributed by atoms with van der Waals surface area (Å²) in [5, 5.41) is 5.92. The van der Waals surface area contributed by atoms with Gasteiger partial charge in [-0.25, -0.2) is 4.79 Å². The number of carbonyl (C=O) groups excluding carboxylic acids is 3. The van der Waals surface area contributed by atoms with Gasteiger partial charge in [-0.1, -0.05) is 24.6 Å². The Balaban J connectivity index is 1.39. The van der Waals surface area contributed by atoms with Gasteiger partial charge in [0.2, 0.25) is 5.91 Å². The third kappa shape index (κ3) is 3.68. The van der Waals surface area contributed by atoms with Crippen LogP contribution in [0, 0.1) is 18.8 Å². The summed E-state index contributed by atoms with van der Waals surface area (Å²) < 4.78 is 0. The fourth-order valence-corrected chi connectivity index (χ4v) is 4.84. The number of carbonyl (C=O) groups is 3. The van der Waals surface area contributed by atoms with E-state index in [9.17, 15) is 14.4 Å². The minimum atomic E-state index is -0.925. The maximum absolute atomic E-state index is 13.1. The summed E-state index contributed by atoms with van der Waals surface area (Å²) in [5.41, 5.74) is 1.23. The van der Waals surface area contributed by atoms with Crippen LogP contribution in [-0.4, -0.2) is 54.5 Å². The van der Waals surface area contributed by atoms with E-state index >= 15 is 0 Å². The van der Waals surface area contributed by atoms with Gasteiger partial charge in [-0.15, -0.1) is 0 Å². The third-order valence-electron chi connectivity index (χ3n) is 6.46. The molecule has 1 aromatic rings. The topological polar surface area (TPSA) is 81.8 Å². The number of nitrogens with one attached hydrogen (secondary N) is 2. The summed E-state index contributed by atoms with van der Waals surface area (Å²) in [6, 6.07) is 5.44. The Hall–Kier alpha value is -2.28. The fourth-order valence-electron chi connectivity index (χ4n) is 4.67. The molecule has 7 nitrogen and oxygen atoms in total. The van der Waals surface area contributed by atoms with Gasteiger partial charge in [0.25, 0.3) is 5.91 Å². The number of benzene rings is 1. The summed E-state index contributed by atoms with van der Waals surface area (Å²) in [4.78, 5) is 41.4. The number of urea groups is 1. The molecule has 0 radical (unpaired) electrons. The smallest absolute Gasteiger partial charge is 0.322 e. The van der Waals surface area contributed by atoms with Crippen LogP contribution in [0.25, 0.3) is 0 Å². The Morgan fingerprint density at radius 3 is 2.52 bits per heavy atom. The van der Waals surface area contributed by atoms with Gasteiger partial charge < -0.3 is 15.1 Å². The molecule has 2 heterocycles. The van der Waals surface area contributed by atoms with E-state index in [1.807, 2.05) is 30.9 Å². The molecule has 3 fully saturated rings. The lowest BCUT2D eigenvalue weighted by Crippen LogP contribution is -2.54. The number of hydrogen-bond acceptors (Lipinski definition) is 4. The van der Waals surface area contributed by atoms with Crippen molar-refractivity contribution in [2.24, 2.45) is 11.8 Å². The second-order valence-electron chi connectivity index (χ2n) is 8.46. The maximum Gasteiger partial charge on any atom is 0.322 e. The van der Waals surface area contributed by atoms with Crippen LogP contribution >= 0.6 is 11.6 Å². The first kappa shape index (κ1) is 20.0. The van der Waals surface area contributed by atoms with E-state index in [-0.39, 0.29) is 23.7 Å². The minimum absolute atomic E-state index is 0.0430. The van der Waals surface area contributed by atoms with Crippen molar-refractivity contribution in [3.8, 4) is 0 Å². The van der Waals surface area contributed by atoms with Crippen LogP contribution in [-0.2, 0) is 9.59 Å². The van der Waals surface area contributed by atoms with Crippen LogP contribution in [0.2, 0.25) is 5.02 Å². The van der Waals surface area contributed by atoms with Gasteiger partial charge in [0.05, 0.1) is 0 Å². The van der Waals surface area contributed by atoms with Crippen LogP contribution in [0.3, 0.4) is 0 Å². The second-order valence-corrected chi connectivity index (χ2v) is 8.86. The predicted octanol–water partition coefficient (Wildman–Crippen LogP) is 2.31. The van der Waals surface area contributed by atoms with E-state index in [1.165, 1.54) is 0 Å². The molecule has 4 amide bonds. The van der Waals surface area contributed by atoms with Crippen molar-refractivity contribution < 1.29 is 14.4 Å². The highest BCUT2D eigenvalue weighted by Gasteiger charge is 2.56. The van der Waals surface area contributed by atoms with Gasteiger partial charge in [0.1, 0.15) is 5.54 Å². The summed E-state index contributed by atoms with van der Waals surface area (Å²) in [7, 11) is 0. The third-order valence-corrected chi connectivity index (χ3v) is 6.87. The first-order valence-corrected chi connectivity index (χ1v) is 10.6. The molecule has 3 aliphatic rings. The molecule has 1 aliphatic carbocycles. The molecule has 2 unspecified atom stereocenters. The van der Waals surface area contributed by atoms with Crippen LogP contribution in [0.4, 0.5) is 10.5 Å². The van der Waals surface area contributed by atoms with Gasteiger partial charge in [0.15, 0.2) is 0 Å². The van der Waals surface area contributed by atoms with E-state index in [1.54, 1.807) is 0 Å². The number of nitrogens with zero attached hydrogens (tertiary/aromatic N) is 2. The van der Waals surface area contributed by atoms with Gasteiger partial charge in [-0.3, -0.25) is 14.9 Å². The lowest BCUT2D eigenvalue weighted by atomic mass is 9.83. The lowest BCUT2D eigenvalue weighted by molar-refractivity contribution is -0.136. The lowest BCUT2D eigenvalue weighted by Gasteiger charge is -2.38. The standard InChI is InChI=1S/C21H27ClN4O3/c1-13(12-21(15-6-7-15)19(28)23-20(29)24-21)18(27)26-10-8-25(9-11-26)17-5-3-4-16(22)14(17)2/h3-5,13,15H,6-12H2,1-2H3,(H2,23,24,28,29). The molecule has 0 bridgehead atoms. The number of imide groups is 1. The van der Waals surface area contributed by atoms with Crippen molar-refractivity contribution in [1.29, 1.82) is 0 Å². The summed E-state index contributed by atoms with van der Waals surface area (Å²) >= 11 is 6.25. The molecule has 8 heteroatoms. The van der Waals surface area contributed by atoms with Gasteiger partial charge in [0, 0.05) is 42.8 Å². The molecular weight excluding hydrogens is 392 g/mol. The first-order chi connectivity index (χ1) is 13.8. The highest BCUT2D eigenvalue weighted by Crippen LogP contribution is 2.44. The molecule has 4 rings (SSSR count). The van der Waals surface area contributed by atoms with Gasteiger partial charge in [-0.05, 0) is 49.8 Å². The number of rotatable bonds is 5. The summed E-state index contributed by atoms with van der Waals surface area (Å²) in [5.74, 6) is -0.446. The maximum atomic E-state index is 13.1. The number of piperazine rings is 1. The molecule has 156 valence electrons. The Morgan fingerprint density at radius 1 is 1.24 bits per heavy atom. The molecule has 0 aromatic heterocycles. The summed E-state index contributed by atoms with van der Waals surface area (Å²) in [6.07, 6.45) is 2.17. The van der Waals surface area contributed by atoms with Crippen molar-refractivity contribution in [3.63, 3.8) is 0 Å². The highest BCUT2D eigenvalue weighted by molar-refractivity contribution is 6.31. The van der Waals surface area contributed by atoms with Gasteiger partial charge >= 0.3 is 6.03 Å². The van der Waals surface area contributed by atoms with Crippen molar-refractivity contribution in [3.05, 3.63) is 28.8 Å². The van der Waals surface area contributed by atoms with E-state index in [4.69, 9.17) is 11.6 Å². The molecule has 2 saturated heterocycles. The number of anilines is 1. The SMILES string of the molecule is Cc1c(Cl)cccc1N1CCN(C(=O)C(C)CC2(C3CC3)NC(=O)NC2=O)CC1. The zero-order valence-electron chi connectivity index (χ0n) is 16.8. The van der Waals surface area contributed by atoms with Crippen molar-refractivity contribution >= 4 is 35.1 Å². The zero-order chi connectivity index (χ0) is 20.8. The second kappa shape index (κ2) is 7.52. The predicted molar refractivity (Wildman–Crippen MR) is 111 cm³/mol. The van der Waals surface area contributed by atoms with E-state index in [2.05, 4.69) is 21.6 Å². The Labute approximate surface area is 175 Å². The molecule has 2 aliphatic heterocycles.